The summed E-state index contributed by atoms with van der Waals surface area (Å²) in [5, 5.41) is 11.9. The van der Waals surface area contributed by atoms with E-state index in [1.807, 2.05) is 0 Å². The summed E-state index contributed by atoms with van der Waals surface area (Å²) in [7, 11) is 0. The van der Waals surface area contributed by atoms with Crippen LogP contribution >= 0.6 is 0 Å². The van der Waals surface area contributed by atoms with Crippen LogP contribution in [0, 0.1) is 23.5 Å². The molecule has 1 aromatic heterocycles. The molecule has 1 aromatic carbocycles. The molecule has 4 aliphatic heterocycles. The Hall–Kier alpha value is -2.84. The van der Waals surface area contributed by atoms with Gasteiger partial charge in [-0.05, 0) is 18.9 Å². The molecular formula is C23H27F2N5O6. The van der Waals surface area contributed by atoms with Crippen molar-refractivity contribution in [3.8, 4) is 5.75 Å². The fraction of sp³-hybridized carbons (Fsp3) is 0.565. The summed E-state index contributed by atoms with van der Waals surface area (Å²) in [6.07, 6.45) is 1.06. The van der Waals surface area contributed by atoms with E-state index in [9.17, 15) is 14.0 Å². The number of nitrogens with zero attached hydrogens (tertiary/aromatic N) is 2. The first-order valence-electron chi connectivity index (χ1n) is 12.1. The second-order valence-electron chi connectivity index (χ2n) is 9.90. The van der Waals surface area contributed by atoms with E-state index in [1.165, 1.54) is 10.8 Å². The molecule has 0 bridgehead atoms. The van der Waals surface area contributed by atoms with E-state index in [0.29, 0.717) is 25.7 Å². The van der Waals surface area contributed by atoms with Gasteiger partial charge in [-0.25, -0.2) is 13.6 Å². The summed E-state index contributed by atoms with van der Waals surface area (Å²) in [5.74, 6) is -1.28. The van der Waals surface area contributed by atoms with Crippen LogP contribution in [0.2, 0.25) is 0 Å². The Morgan fingerprint density at radius 3 is 2.53 bits per heavy atom. The van der Waals surface area contributed by atoms with E-state index in [4.69, 9.17) is 14.8 Å². The minimum Gasteiger partial charge on any atom is -0.449 e. The lowest BCUT2D eigenvalue weighted by Crippen LogP contribution is -2.30. The van der Waals surface area contributed by atoms with Gasteiger partial charge in [0.2, 0.25) is 5.43 Å². The van der Waals surface area contributed by atoms with Gasteiger partial charge in [0, 0.05) is 44.1 Å². The zero-order chi connectivity index (χ0) is 25.0. The maximum Gasteiger partial charge on any atom is 0.511 e. The Morgan fingerprint density at radius 2 is 1.83 bits per heavy atom. The Labute approximate surface area is 204 Å². The minimum absolute atomic E-state index is 0.00790. The number of pyridine rings is 1. The van der Waals surface area contributed by atoms with Crippen LogP contribution in [0.1, 0.15) is 18.9 Å². The van der Waals surface area contributed by atoms with Gasteiger partial charge in [0.1, 0.15) is 11.5 Å². The lowest BCUT2D eigenvalue weighted by atomic mass is 10.1. The monoisotopic (exact) mass is 507 g/mol. The van der Waals surface area contributed by atoms with Crippen LogP contribution in [-0.4, -0.2) is 67.3 Å². The summed E-state index contributed by atoms with van der Waals surface area (Å²) in [6.45, 7) is 4.38. The standard InChI is InChI=1S/C18H17F2N3O5.C5H10N2O/c19-11-3-10-15(14(20)16(11)22-4-8-7-27-21-12(8)5-22)23(9-1-2-9)6-13(17(10)24)28-18(25)26;1-4-3-8-7-5(4)2-6-1/h3,6,8-9,12,21H,1-2,4-5,7H2,(H,25,26);4-7H,1-3H2. The van der Waals surface area contributed by atoms with Crippen LogP contribution in [0.3, 0.4) is 0 Å². The Morgan fingerprint density at radius 1 is 1.08 bits per heavy atom. The lowest BCUT2D eigenvalue weighted by molar-refractivity contribution is 0.0831. The molecule has 0 spiro atoms. The van der Waals surface area contributed by atoms with Crippen LogP contribution < -0.4 is 31.3 Å². The predicted molar refractivity (Wildman–Crippen MR) is 123 cm³/mol. The maximum absolute atomic E-state index is 15.5. The van der Waals surface area contributed by atoms with Crippen molar-refractivity contribution in [1.82, 2.24) is 20.8 Å². The third-order valence-electron chi connectivity index (χ3n) is 7.45. The van der Waals surface area contributed by atoms with Gasteiger partial charge < -0.3 is 34.3 Å². The molecule has 194 valence electrons. The summed E-state index contributed by atoms with van der Waals surface area (Å²) >= 11 is 0. The molecule has 11 nitrogen and oxygen atoms in total. The number of benzene rings is 1. The molecule has 36 heavy (non-hydrogen) atoms. The highest BCUT2D eigenvalue weighted by Crippen LogP contribution is 2.41. The number of hydrogen-bond donors (Lipinski definition) is 4. The van der Waals surface area contributed by atoms with Crippen molar-refractivity contribution >= 4 is 22.7 Å². The summed E-state index contributed by atoms with van der Waals surface area (Å²) < 4.78 is 36.5. The average molecular weight is 507 g/mol. The van der Waals surface area contributed by atoms with Gasteiger partial charge in [-0.2, -0.15) is 11.0 Å². The highest BCUT2D eigenvalue weighted by atomic mass is 19.1. The zero-order valence-corrected chi connectivity index (χ0v) is 19.3. The SMILES string of the molecule is C1NCC2NOCC12.O=C(O)Oc1cn(C2CC2)c2c(F)c(N3CC4CONC4C3)c(F)cc2c1=O. The van der Waals surface area contributed by atoms with Crippen LogP contribution in [0.25, 0.3) is 10.9 Å². The quantitative estimate of drug-likeness (QED) is 0.449. The topological polar surface area (TPSA) is 126 Å². The molecule has 4 N–H and O–H groups in total. The van der Waals surface area contributed by atoms with E-state index >= 15 is 4.39 Å². The number of rotatable bonds is 3. The molecule has 4 unspecified atom stereocenters. The number of nitrogens with one attached hydrogen (secondary N) is 3. The summed E-state index contributed by atoms with van der Waals surface area (Å²) in [6, 6.07) is 1.48. The molecule has 2 aromatic rings. The molecule has 0 radical (unpaired) electrons. The van der Waals surface area contributed by atoms with Crippen molar-refractivity contribution in [2.75, 3.05) is 44.3 Å². The molecule has 4 saturated heterocycles. The van der Waals surface area contributed by atoms with Gasteiger partial charge in [0.15, 0.2) is 11.6 Å². The van der Waals surface area contributed by atoms with Crippen LogP contribution in [0.5, 0.6) is 5.75 Å². The number of carboxylic acid groups (broad SMARTS) is 1. The molecule has 5 aliphatic rings. The molecule has 0 amide bonds. The lowest BCUT2D eigenvalue weighted by Gasteiger charge is -2.23. The molecule has 1 saturated carbocycles. The number of anilines is 1. The van der Waals surface area contributed by atoms with Gasteiger partial charge >= 0.3 is 6.16 Å². The van der Waals surface area contributed by atoms with Crippen molar-refractivity contribution in [1.29, 1.82) is 0 Å². The van der Waals surface area contributed by atoms with Gasteiger partial charge in [0.25, 0.3) is 0 Å². The van der Waals surface area contributed by atoms with E-state index in [1.54, 1.807) is 4.90 Å². The van der Waals surface area contributed by atoms with E-state index in [-0.39, 0.29) is 34.6 Å². The van der Waals surface area contributed by atoms with Crippen LogP contribution in [-0.2, 0) is 9.68 Å². The molecular weight excluding hydrogens is 480 g/mol. The summed E-state index contributed by atoms with van der Waals surface area (Å²) in [4.78, 5) is 35.3. The highest BCUT2D eigenvalue weighted by Gasteiger charge is 2.40. The first-order chi connectivity index (χ1) is 17.4. The largest absolute Gasteiger partial charge is 0.511 e. The summed E-state index contributed by atoms with van der Waals surface area (Å²) in [5.41, 5.74) is 4.75. The second-order valence-corrected chi connectivity index (χ2v) is 9.90. The Kier molecular flexibility index (Phi) is 6.04. The van der Waals surface area contributed by atoms with Crippen molar-refractivity contribution in [3.05, 3.63) is 34.1 Å². The number of aromatic nitrogens is 1. The third kappa shape index (κ3) is 4.20. The van der Waals surface area contributed by atoms with E-state index in [0.717, 1.165) is 44.5 Å². The van der Waals surface area contributed by atoms with Gasteiger partial charge in [-0.15, -0.1) is 0 Å². The Balaban J connectivity index is 0.000000253. The van der Waals surface area contributed by atoms with Crippen molar-refractivity contribution in [3.63, 3.8) is 0 Å². The fourth-order valence-electron chi connectivity index (χ4n) is 5.43. The number of fused-ring (bicyclic) bond motifs is 3. The molecule has 4 atom stereocenters. The number of halogens is 2. The molecule has 5 fully saturated rings. The number of hydroxylamine groups is 2. The second kappa shape index (κ2) is 9.23. The molecule has 13 heteroatoms. The maximum atomic E-state index is 15.5. The zero-order valence-electron chi connectivity index (χ0n) is 19.3. The highest BCUT2D eigenvalue weighted by molar-refractivity contribution is 5.86. The predicted octanol–water partition coefficient (Wildman–Crippen LogP) is 1.12. The van der Waals surface area contributed by atoms with Crippen molar-refractivity contribution in [2.45, 2.75) is 31.0 Å². The van der Waals surface area contributed by atoms with Gasteiger partial charge in [-0.3, -0.25) is 4.79 Å². The number of ether oxygens (including phenoxy) is 1. The third-order valence-corrected chi connectivity index (χ3v) is 7.45. The van der Waals surface area contributed by atoms with E-state index in [2.05, 4.69) is 21.0 Å². The van der Waals surface area contributed by atoms with E-state index < -0.39 is 29.0 Å². The molecule has 1 aliphatic carbocycles. The van der Waals surface area contributed by atoms with Crippen LogP contribution in [0.4, 0.5) is 19.3 Å². The first-order valence-corrected chi connectivity index (χ1v) is 12.1. The van der Waals surface area contributed by atoms with Crippen LogP contribution in [0.15, 0.2) is 17.1 Å². The smallest absolute Gasteiger partial charge is 0.449 e. The normalized spacial score (nSPS) is 28.7. The number of hydrogen-bond acceptors (Lipinski definition) is 9. The Bertz CT molecular complexity index is 1220. The first kappa shape index (κ1) is 23.6. The fourth-order valence-corrected chi connectivity index (χ4v) is 5.43. The molecule has 5 heterocycles. The molecule has 7 rings (SSSR count). The van der Waals surface area contributed by atoms with Gasteiger partial charge in [0.05, 0.1) is 42.4 Å². The average Bonchev–Trinajstić information content (AvgIpc) is 3.15. The van der Waals surface area contributed by atoms with Crippen molar-refractivity contribution < 1.29 is 33.1 Å². The van der Waals surface area contributed by atoms with Crippen molar-refractivity contribution in [2.24, 2.45) is 11.8 Å². The van der Waals surface area contributed by atoms with Gasteiger partial charge in [-0.1, -0.05) is 0 Å². The number of carbonyl (C=O) groups is 1. The minimum atomic E-state index is -1.66.